The lowest BCUT2D eigenvalue weighted by Gasteiger charge is -2.12. The number of carbonyl (C=O) groups excluding carboxylic acids is 3. The van der Waals surface area contributed by atoms with Gasteiger partial charge in [0.25, 0.3) is 11.8 Å². The Labute approximate surface area is 152 Å². The predicted molar refractivity (Wildman–Crippen MR) is 92.5 cm³/mol. The van der Waals surface area contributed by atoms with Crippen molar-refractivity contribution in [1.29, 1.82) is 0 Å². The summed E-state index contributed by atoms with van der Waals surface area (Å²) in [7, 11) is 0. The Morgan fingerprint density at radius 1 is 0.926 bits per heavy atom. The summed E-state index contributed by atoms with van der Waals surface area (Å²) < 4.78 is 36.6. The topological polar surface area (TPSA) is 101 Å². The van der Waals surface area contributed by atoms with E-state index in [-0.39, 0.29) is 22.4 Å². The summed E-state index contributed by atoms with van der Waals surface area (Å²) in [5.41, 5.74) is 6.48. The highest BCUT2D eigenvalue weighted by atomic mass is 19.4. The minimum Gasteiger partial charge on any atom is -0.366 e. The first-order valence-corrected chi connectivity index (χ1v) is 7.73. The Hall–Kier alpha value is -3.36. The van der Waals surface area contributed by atoms with Crippen LogP contribution < -0.4 is 16.4 Å². The molecule has 2 rings (SSSR count). The van der Waals surface area contributed by atoms with Crippen molar-refractivity contribution in [2.45, 2.75) is 13.1 Å². The minimum absolute atomic E-state index is 0.0239. The van der Waals surface area contributed by atoms with Gasteiger partial charge in [-0.15, -0.1) is 0 Å². The quantitative estimate of drug-likeness (QED) is 0.744. The van der Waals surface area contributed by atoms with Gasteiger partial charge in [0.05, 0.1) is 0 Å². The number of carbonyl (C=O) groups is 3. The van der Waals surface area contributed by atoms with E-state index in [2.05, 4.69) is 5.32 Å². The van der Waals surface area contributed by atoms with Crippen molar-refractivity contribution < 1.29 is 27.6 Å². The van der Waals surface area contributed by atoms with Crippen LogP contribution in [-0.2, 0) is 0 Å². The summed E-state index contributed by atoms with van der Waals surface area (Å²) in [5.74, 6) is -2.05. The van der Waals surface area contributed by atoms with Crippen molar-refractivity contribution in [3.8, 4) is 0 Å². The lowest BCUT2D eigenvalue weighted by atomic mass is 10.1. The number of anilines is 1. The first kappa shape index (κ1) is 20.0. The zero-order valence-electron chi connectivity index (χ0n) is 14.2. The number of hydrogen-bond donors (Lipinski definition) is 3. The summed E-state index contributed by atoms with van der Waals surface area (Å²) in [6.45, 7) is 0.219. The van der Waals surface area contributed by atoms with E-state index in [0.717, 1.165) is 0 Å². The van der Waals surface area contributed by atoms with Crippen LogP contribution >= 0.6 is 0 Å². The fourth-order valence-corrected chi connectivity index (χ4v) is 2.16. The van der Waals surface area contributed by atoms with Crippen molar-refractivity contribution in [3.05, 3.63) is 64.7 Å². The maximum Gasteiger partial charge on any atom is 0.405 e. The molecule has 0 aliphatic heterocycles. The number of primary amides is 1. The van der Waals surface area contributed by atoms with Gasteiger partial charge in [-0.3, -0.25) is 14.4 Å². The summed E-state index contributed by atoms with van der Waals surface area (Å²) in [4.78, 5) is 35.2. The monoisotopic (exact) mass is 379 g/mol. The number of amides is 3. The van der Waals surface area contributed by atoms with Gasteiger partial charge >= 0.3 is 6.18 Å². The Balaban J connectivity index is 2.14. The standard InChI is InChI=1S/C18H16F3N3O3/c1-10-2-3-13(16(26)23-9-18(19,20)21)8-14(10)24-17(27)12-6-4-11(5-7-12)15(22)25/h2-8H,9H2,1H3,(H2,22,25)(H,23,26)(H,24,27). The highest BCUT2D eigenvalue weighted by molar-refractivity contribution is 6.06. The van der Waals surface area contributed by atoms with Gasteiger partial charge in [0, 0.05) is 22.4 Å². The van der Waals surface area contributed by atoms with E-state index in [1.54, 1.807) is 12.2 Å². The Morgan fingerprint density at radius 2 is 1.48 bits per heavy atom. The highest BCUT2D eigenvalue weighted by Crippen LogP contribution is 2.19. The Morgan fingerprint density at radius 3 is 2.04 bits per heavy atom. The Bertz CT molecular complexity index is 878. The summed E-state index contributed by atoms with van der Waals surface area (Å²) >= 11 is 0. The van der Waals surface area contributed by atoms with Crippen LogP contribution in [0.15, 0.2) is 42.5 Å². The van der Waals surface area contributed by atoms with Gasteiger partial charge < -0.3 is 16.4 Å². The molecular formula is C18H16F3N3O3. The molecule has 27 heavy (non-hydrogen) atoms. The summed E-state index contributed by atoms with van der Waals surface area (Å²) in [6, 6.07) is 9.76. The molecule has 3 amide bonds. The second-order valence-electron chi connectivity index (χ2n) is 5.72. The molecule has 4 N–H and O–H groups in total. The first-order valence-electron chi connectivity index (χ1n) is 7.73. The van der Waals surface area contributed by atoms with E-state index in [1.165, 1.54) is 42.5 Å². The number of benzene rings is 2. The molecule has 9 heteroatoms. The number of rotatable bonds is 5. The van der Waals surface area contributed by atoms with Crippen LogP contribution in [-0.4, -0.2) is 30.4 Å². The maximum atomic E-state index is 12.3. The fourth-order valence-electron chi connectivity index (χ4n) is 2.16. The van der Waals surface area contributed by atoms with E-state index in [4.69, 9.17) is 5.73 Å². The summed E-state index contributed by atoms with van der Waals surface area (Å²) in [6.07, 6.45) is -4.52. The molecular weight excluding hydrogens is 363 g/mol. The molecule has 0 spiro atoms. The smallest absolute Gasteiger partial charge is 0.366 e. The van der Waals surface area contributed by atoms with E-state index >= 15 is 0 Å². The average molecular weight is 379 g/mol. The van der Waals surface area contributed by atoms with Gasteiger partial charge in [0.2, 0.25) is 5.91 Å². The van der Waals surface area contributed by atoms with Gasteiger partial charge in [-0.25, -0.2) is 0 Å². The SMILES string of the molecule is Cc1ccc(C(=O)NCC(F)(F)F)cc1NC(=O)c1ccc(C(N)=O)cc1. The number of alkyl halides is 3. The lowest BCUT2D eigenvalue weighted by molar-refractivity contribution is -0.123. The van der Waals surface area contributed by atoms with Crippen LogP contribution in [0, 0.1) is 6.92 Å². The van der Waals surface area contributed by atoms with Crippen LogP contribution in [0.25, 0.3) is 0 Å². The number of halogens is 3. The molecule has 0 atom stereocenters. The van der Waals surface area contributed by atoms with Gasteiger partial charge in [0.15, 0.2) is 0 Å². The molecule has 0 aliphatic carbocycles. The number of nitrogens with two attached hydrogens (primary N) is 1. The van der Waals surface area contributed by atoms with Crippen LogP contribution in [0.3, 0.4) is 0 Å². The Kier molecular flexibility index (Phi) is 5.84. The molecule has 2 aromatic carbocycles. The highest BCUT2D eigenvalue weighted by Gasteiger charge is 2.28. The maximum absolute atomic E-state index is 12.3. The molecule has 0 aromatic heterocycles. The van der Waals surface area contributed by atoms with Gasteiger partial charge in [-0.1, -0.05) is 6.07 Å². The average Bonchev–Trinajstić information content (AvgIpc) is 2.61. The number of hydrogen-bond acceptors (Lipinski definition) is 3. The zero-order chi connectivity index (χ0) is 20.2. The molecule has 0 saturated carbocycles. The molecule has 0 radical (unpaired) electrons. The zero-order valence-corrected chi connectivity index (χ0v) is 14.2. The van der Waals surface area contributed by atoms with Crippen LogP contribution in [0.2, 0.25) is 0 Å². The molecule has 0 bridgehead atoms. The molecule has 2 aromatic rings. The normalized spacial score (nSPS) is 11.0. The third kappa shape index (κ3) is 5.56. The summed E-state index contributed by atoms with van der Waals surface area (Å²) in [5, 5.41) is 4.35. The van der Waals surface area contributed by atoms with Crippen LogP contribution in [0.5, 0.6) is 0 Å². The predicted octanol–water partition coefficient (Wildman–Crippen LogP) is 2.64. The molecule has 0 unspecified atom stereocenters. The van der Waals surface area contributed by atoms with E-state index < -0.39 is 30.4 Å². The van der Waals surface area contributed by atoms with Crippen molar-refractivity contribution in [3.63, 3.8) is 0 Å². The third-order valence-corrected chi connectivity index (χ3v) is 3.63. The van der Waals surface area contributed by atoms with Crippen LogP contribution in [0.4, 0.5) is 18.9 Å². The van der Waals surface area contributed by atoms with Crippen molar-refractivity contribution in [2.24, 2.45) is 5.73 Å². The van der Waals surface area contributed by atoms with Gasteiger partial charge in [-0.05, 0) is 48.9 Å². The second-order valence-corrected chi connectivity index (χ2v) is 5.72. The number of aryl methyl sites for hydroxylation is 1. The molecule has 0 heterocycles. The van der Waals surface area contributed by atoms with E-state index in [9.17, 15) is 27.6 Å². The van der Waals surface area contributed by atoms with E-state index in [0.29, 0.717) is 5.56 Å². The fraction of sp³-hybridized carbons (Fsp3) is 0.167. The molecule has 142 valence electrons. The number of nitrogens with one attached hydrogen (secondary N) is 2. The molecule has 0 aliphatic rings. The third-order valence-electron chi connectivity index (χ3n) is 3.63. The van der Waals surface area contributed by atoms with Crippen LogP contribution in [0.1, 0.15) is 36.6 Å². The van der Waals surface area contributed by atoms with E-state index in [1.807, 2.05) is 0 Å². The van der Waals surface area contributed by atoms with Gasteiger partial charge in [-0.2, -0.15) is 13.2 Å². The lowest BCUT2D eigenvalue weighted by Crippen LogP contribution is -2.33. The largest absolute Gasteiger partial charge is 0.405 e. The minimum atomic E-state index is -4.52. The first-order chi connectivity index (χ1) is 12.6. The van der Waals surface area contributed by atoms with Crippen molar-refractivity contribution in [1.82, 2.24) is 5.32 Å². The van der Waals surface area contributed by atoms with Crippen molar-refractivity contribution in [2.75, 3.05) is 11.9 Å². The van der Waals surface area contributed by atoms with Gasteiger partial charge in [0.1, 0.15) is 6.54 Å². The molecule has 0 saturated heterocycles. The van der Waals surface area contributed by atoms with Crippen molar-refractivity contribution >= 4 is 23.4 Å². The second kappa shape index (κ2) is 7.90. The molecule has 6 nitrogen and oxygen atoms in total. The molecule has 0 fully saturated rings.